The number of amides is 1. The fourth-order valence-electron chi connectivity index (χ4n) is 1.87. The minimum atomic E-state index is -0.337. The first-order valence-corrected chi connectivity index (χ1v) is 6.07. The molecule has 2 aromatic rings. The van der Waals surface area contributed by atoms with Crippen LogP contribution in [0.15, 0.2) is 42.5 Å². The van der Waals surface area contributed by atoms with Gasteiger partial charge < -0.3 is 4.90 Å². The molecular weight excluding hydrogens is 255 g/mol. The molecule has 0 atom stereocenters. The van der Waals surface area contributed by atoms with Crippen molar-refractivity contribution in [1.82, 2.24) is 0 Å². The molecule has 0 spiro atoms. The van der Waals surface area contributed by atoms with Crippen molar-refractivity contribution >= 4 is 11.6 Å². The van der Waals surface area contributed by atoms with Gasteiger partial charge in [0.25, 0.3) is 5.91 Å². The minimum Gasteiger partial charge on any atom is -0.311 e. The third-order valence-electron chi connectivity index (χ3n) is 3.07. The minimum absolute atomic E-state index is 0.247. The number of halogens is 1. The van der Waals surface area contributed by atoms with Gasteiger partial charge in [-0.1, -0.05) is 6.07 Å². The fraction of sp³-hybridized carbons (Fsp3) is 0.125. The number of hydrogen-bond donors (Lipinski definition) is 0. The van der Waals surface area contributed by atoms with Gasteiger partial charge in [-0.05, 0) is 48.9 Å². The lowest BCUT2D eigenvalue weighted by molar-refractivity contribution is 0.0993. The third kappa shape index (κ3) is 2.67. The van der Waals surface area contributed by atoms with Crippen LogP contribution >= 0.6 is 0 Å². The lowest BCUT2D eigenvalue weighted by Crippen LogP contribution is -2.26. The summed E-state index contributed by atoms with van der Waals surface area (Å²) in [5.41, 5.74) is 1.94. The summed E-state index contributed by atoms with van der Waals surface area (Å²) in [5.74, 6) is -0.584. The van der Waals surface area contributed by atoms with Gasteiger partial charge in [-0.15, -0.1) is 0 Å². The smallest absolute Gasteiger partial charge is 0.258 e. The van der Waals surface area contributed by atoms with Gasteiger partial charge in [0.15, 0.2) is 0 Å². The Kier molecular flexibility index (Phi) is 3.81. The zero-order chi connectivity index (χ0) is 14.7. The number of benzene rings is 2. The molecule has 20 heavy (non-hydrogen) atoms. The summed E-state index contributed by atoms with van der Waals surface area (Å²) in [6.45, 7) is 1.61. The largest absolute Gasteiger partial charge is 0.311 e. The second-order valence-corrected chi connectivity index (χ2v) is 4.49. The summed E-state index contributed by atoms with van der Waals surface area (Å²) in [6.07, 6.45) is 0. The number of nitriles is 1. The highest BCUT2D eigenvalue weighted by atomic mass is 19.1. The third-order valence-corrected chi connectivity index (χ3v) is 3.07. The van der Waals surface area contributed by atoms with Gasteiger partial charge in [-0.3, -0.25) is 4.79 Å². The molecule has 0 fully saturated rings. The van der Waals surface area contributed by atoms with E-state index in [2.05, 4.69) is 0 Å². The molecule has 1 amide bonds. The lowest BCUT2D eigenvalue weighted by atomic mass is 10.1. The second kappa shape index (κ2) is 5.54. The Morgan fingerprint density at radius 1 is 1.25 bits per heavy atom. The molecule has 0 N–H and O–H groups in total. The Morgan fingerprint density at radius 3 is 2.65 bits per heavy atom. The Bertz CT molecular complexity index is 704. The SMILES string of the molecule is Cc1cc(C(=O)N(C)c2cccc(C#N)c2)ccc1F. The summed E-state index contributed by atoms with van der Waals surface area (Å²) in [4.78, 5) is 13.8. The second-order valence-electron chi connectivity index (χ2n) is 4.49. The molecule has 2 rings (SSSR count). The van der Waals surface area contributed by atoms with E-state index in [1.807, 2.05) is 6.07 Å². The summed E-state index contributed by atoms with van der Waals surface area (Å²) < 4.78 is 13.2. The molecule has 3 nitrogen and oxygen atoms in total. The van der Waals surface area contributed by atoms with Crippen molar-refractivity contribution in [3.63, 3.8) is 0 Å². The lowest BCUT2D eigenvalue weighted by Gasteiger charge is -2.18. The molecule has 0 aliphatic carbocycles. The maximum atomic E-state index is 13.2. The number of carbonyl (C=O) groups is 1. The molecule has 0 aromatic heterocycles. The first-order chi connectivity index (χ1) is 9.52. The highest BCUT2D eigenvalue weighted by Gasteiger charge is 2.14. The predicted octanol–water partition coefficient (Wildman–Crippen LogP) is 3.28. The average molecular weight is 268 g/mol. The van der Waals surface area contributed by atoms with Gasteiger partial charge in [0.05, 0.1) is 11.6 Å². The van der Waals surface area contributed by atoms with Crippen molar-refractivity contribution in [2.75, 3.05) is 11.9 Å². The van der Waals surface area contributed by atoms with Crippen LogP contribution in [-0.2, 0) is 0 Å². The quantitative estimate of drug-likeness (QED) is 0.839. The van der Waals surface area contributed by atoms with E-state index in [0.29, 0.717) is 22.4 Å². The number of hydrogen-bond acceptors (Lipinski definition) is 2. The van der Waals surface area contributed by atoms with E-state index in [0.717, 1.165) is 0 Å². The molecule has 0 radical (unpaired) electrons. The van der Waals surface area contributed by atoms with Crippen LogP contribution < -0.4 is 4.90 Å². The van der Waals surface area contributed by atoms with E-state index in [9.17, 15) is 9.18 Å². The molecule has 0 aliphatic heterocycles. The molecule has 4 heteroatoms. The fourth-order valence-corrected chi connectivity index (χ4v) is 1.87. The number of nitrogens with zero attached hydrogens (tertiary/aromatic N) is 2. The predicted molar refractivity (Wildman–Crippen MR) is 75.0 cm³/mol. The summed E-state index contributed by atoms with van der Waals surface area (Å²) in [5, 5.41) is 8.87. The van der Waals surface area contributed by atoms with Crippen LogP contribution in [0.5, 0.6) is 0 Å². The van der Waals surface area contributed by atoms with Crippen molar-refractivity contribution in [3.8, 4) is 6.07 Å². The molecule has 0 unspecified atom stereocenters. The Balaban J connectivity index is 2.32. The molecule has 100 valence electrons. The monoisotopic (exact) mass is 268 g/mol. The van der Waals surface area contributed by atoms with Gasteiger partial charge in [0.2, 0.25) is 0 Å². The van der Waals surface area contributed by atoms with Gasteiger partial charge in [0, 0.05) is 18.3 Å². The maximum absolute atomic E-state index is 13.2. The van der Waals surface area contributed by atoms with Gasteiger partial charge in [-0.2, -0.15) is 5.26 Å². The van der Waals surface area contributed by atoms with Crippen LogP contribution in [-0.4, -0.2) is 13.0 Å². The molecule has 0 bridgehead atoms. The molecule has 0 aliphatic rings. The Morgan fingerprint density at radius 2 is 2.00 bits per heavy atom. The van der Waals surface area contributed by atoms with E-state index in [1.165, 1.54) is 23.1 Å². The van der Waals surface area contributed by atoms with E-state index in [4.69, 9.17) is 5.26 Å². The van der Waals surface area contributed by atoms with Crippen LogP contribution in [0.3, 0.4) is 0 Å². The number of aryl methyl sites for hydroxylation is 1. The number of rotatable bonds is 2. The zero-order valence-corrected chi connectivity index (χ0v) is 11.2. The highest BCUT2D eigenvalue weighted by Crippen LogP contribution is 2.18. The van der Waals surface area contributed by atoms with Crippen molar-refractivity contribution in [3.05, 3.63) is 65.0 Å². The van der Waals surface area contributed by atoms with Gasteiger partial charge >= 0.3 is 0 Å². The Hall–Kier alpha value is -2.67. The highest BCUT2D eigenvalue weighted by molar-refractivity contribution is 6.05. The molecular formula is C16H13FN2O. The van der Waals surface area contributed by atoms with Crippen LogP contribution in [0.4, 0.5) is 10.1 Å². The van der Waals surface area contributed by atoms with Crippen LogP contribution in [0.1, 0.15) is 21.5 Å². The summed E-state index contributed by atoms with van der Waals surface area (Å²) in [7, 11) is 1.62. The first-order valence-electron chi connectivity index (χ1n) is 6.07. The Labute approximate surface area is 116 Å². The first kappa shape index (κ1) is 13.8. The van der Waals surface area contributed by atoms with Gasteiger partial charge in [0.1, 0.15) is 5.82 Å². The number of anilines is 1. The van der Waals surface area contributed by atoms with E-state index < -0.39 is 0 Å². The topological polar surface area (TPSA) is 44.1 Å². The molecule has 2 aromatic carbocycles. The normalized spacial score (nSPS) is 9.90. The molecule has 0 saturated carbocycles. The average Bonchev–Trinajstić information content (AvgIpc) is 2.48. The van der Waals surface area contributed by atoms with Crippen molar-refractivity contribution < 1.29 is 9.18 Å². The summed E-state index contributed by atoms with van der Waals surface area (Å²) in [6, 6.07) is 13.0. The standard InChI is InChI=1S/C16H13FN2O/c1-11-8-13(6-7-15(11)17)16(20)19(2)14-5-3-4-12(9-14)10-18/h3-9H,1-2H3. The van der Waals surface area contributed by atoms with Crippen LogP contribution in [0.25, 0.3) is 0 Å². The number of carbonyl (C=O) groups excluding carboxylic acids is 1. The van der Waals surface area contributed by atoms with Crippen LogP contribution in [0.2, 0.25) is 0 Å². The van der Waals surface area contributed by atoms with Gasteiger partial charge in [-0.25, -0.2) is 4.39 Å². The van der Waals surface area contributed by atoms with Crippen molar-refractivity contribution in [2.24, 2.45) is 0 Å². The van der Waals surface area contributed by atoms with E-state index >= 15 is 0 Å². The van der Waals surface area contributed by atoms with E-state index in [-0.39, 0.29) is 11.7 Å². The van der Waals surface area contributed by atoms with Crippen molar-refractivity contribution in [1.29, 1.82) is 5.26 Å². The molecule has 0 saturated heterocycles. The maximum Gasteiger partial charge on any atom is 0.258 e. The summed E-state index contributed by atoms with van der Waals surface area (Å²) >= 11 is 0. The zero-order valence-electron chi connectivity index (χ0n) is 11.2. The van der Waals surface area contributed by atoms with Crippen LogP contribution in [0, 0.1) is 24.1 Å². The van der Waals surface area contributed by atoms with E-state index in [1.54, 1.807) is 38.2 Å². The molecule has 0 heterocycles. The van der Waals surface area contributed by atoms with Crippen molar-refractivity contribution in [2.45, 2.75) is 6.92 Å².